The van der Waals surface area contributed by atoms with E-state index in [1.165, 1.54) is 5.52 Å². The number of hydrogen-bond donors (Lipinski definition) is 0. The van der Waals surface area contributed by atoms with Crippen LogP contribution in [0, 0.1) is 0 Å². The molecule has 0 unspecified atom stereocenters. The fraction of sp³-hybridized carbons (Fsp3) is 0.333. The van der Waals surface area contributed by atoms with Gasteiger partial charge in [0.2, 0.25) is 0 Å². The second kappa shape index (κ2) is 6.09. The van der Waals surface area contributed by atoms with Gasteiger partial charge < -0.3 is 4.57 Å². The summed E-state index contributed by atoms with van der Waals surface area (Å²) < 4.78 is 4.24. The third-order valence-corrected chi connectivity index (χ3v) is 3.57. The highest BCUT2D eigenvalue weighted by Gasteiger charge is 2.09. The van der Waals surface area contributed by atoms with Crippen molar-refractivity contribution in [1.82, 2.24) is 19.3 Å². The van der Waals surface area contributed by atoms with Crippen molar-refractivity contribution in [1.29, 1.82) is 0 Å². The number of nitrogens with zero attached hydrogens (tertiary/aromatic N) is 4. The van der Waals surface area contributed by atoms with E-state index in [0.29, 0.717) is 5.88 Å². The Morgan fingerprint density at radius 2 is 2.00 bits per heavy atom. The number of aryl methyl sites for hydroxylation is 3. The van der Waals surface area contributed by atoms with Crippen LogP contribution in [0.2, 0.25) is 0 Å². The fourth-order valence-electron chi connectivity index (χ4n) is 2.47. The minimum Gasteiger partial charge on any atom is -0.328 e. The monoisotopic (exact) mass is 288 g/mol. The molecule has 20 heavy (non-hydrogen) atoms. The van der Waals surface area contributed by atoms with Crippen molar-refractivity contribution in [2.24, 2.45) is 0 Å². The third-order valence-electron chi connectivity index (χ3n) is 3.38. The van der Waals surface area contributed by atoms with Crippen LogP contribution >= 0.6 is 11.6 Å². The molecule has 0 aliphatic carbocycles. The second-order valence-electron chi connectivity index (χ2n) is 4.73. The highest BCUT2D eigenvalue weighted by Crippen LogP contribution is 2.17. The molecule has 2 heterocycles. The normalized spacial score (nSPS) is 11.2. The van der Waals surface area contributed by atoms with E-state index in [2.05, 4.69) is 32.8 Å². The lowest BCUT2D eigenvalue weighted by atomic mass is 10.3. The Bertz CT molecular complexity index is 672. The lowest BCUT2D eigenvalue weighted by molar-refractivity contribution is 0.524. The maximum atomic E-state index is 5.88. The van der Waals surface area contributed by atoms with Gasteiger partial charge in [0.1, 0.15) is 5.82 Å². The molecule has 0 radical (unpaired) electrons. The Morgan fingerprint density at radius 1 is 1.10 bits per heavy atom. The molecule has 0 aliphatic heterocycles. The summed E-state index contributed by atoms with van der Waals surface area (Å²) in [6, 6.07) is 10.2. The van der Waals surface area contributed by atoms with Crippen LogP contribution in [-0.2, 0) is 19.5 Å². The van der Waals surface area contributed by atoms with Gasteiger partial charge in [-0.15, -0.1) is 11.6 Å². The van der Waals surface area contributed by atoms with Gasteiger partial charge >= 0.3 is 0 Å². The van der Waals surface area contributed by atoms with Gasteiger partial charge in [-0.3, -0.25) is 4.68 Å². The number of aromatic nitrogens is 4. The second-order valence-corrected chi connectivity index (χ2v) is 5.11. The smallest absolute Gasteiger partial charge is 0.111 e. The Balaban J connectivity index is 1.79. The molecule has 0 amide bonds. The molecule has 0 aliphatic rings. The molecule has 0 atom stereocenters. The van der Waals surface area contributed by atoms with E-state index in [1.807, 2.05) is 29.2 Å². The number of benzene rings is 1. The third kappa shape index (κ3) is 2.70. The molecule has 3 rings (SSSR count). The van der Waals surface area contributed by atoms with Crippen molar-refractivity contribution in [3.05, 3.63) is 48.5 Å². The summed E-state index contributed by atoms with van der Waals surface area (Å²) in [7, 11) is 0. The van der Waals surface area contributed by atoms with Crippen LogP contribution in [0.3, 0.4) is 0 Å². The topological polar surface area (TPSA) is 35.6 Å². The lowest BCUT2D eigenvalue weighted by Gasteiger charge is -2.08. The summed E-state index contributed by atoms with van der Waals surface area (Å²) in [5.74, 6) is 1.67. The van der Waals surface area contributed by atoms with E-state index in [9.17, 15) is 0 Å². The van der Waals surface area contributed by atoms with Gasteiger partial charge in [-0.2, -0.15) is 5.10 Å². The summed E-state index contributed by atoms with van der Waals surface area (Å²) in [5.41, 5.74) is 2.24. The first-order valence-electron chi connectivity index (χ1n) is 6.86. The largest absolute Gasteiger partial charge is 0.328 e. The van der Waals surface area contributed by atoms with Gasteiger partial charge in [-0.05, 0) is 24.6 Å². The number of alkyl halides is 1. The maximum absolute atomic E-state index is 5.88. The highest BCUT2D eigenvalue weighted by atomic mass is 35.5. The summed E-state index contributed by atoms with van der Waals surface area (Å²) >= 11 is 5.88. The minimum absolute atomic E-state index is 0.600. The predicted octanol–water partition coefficient (Wildman–Crippen LogP) is 3.10. The van der Waals surface area contributed by atoms with Crippen LogP contribution in [0.15, 0.2) is 42.7 Å². The molecule has 4 nitrogen and oxygen atoms in total. The first-order chi connectivity index (χ1) is 9.88. The Morgan fingerprint density at radius 3 is 2.80 bits per heavy atom. The molecule has 0 saturated carbocycles. The van der Waals surface area contributed by atoms with Crippen molar-refractivity contribution in [3.63, 3.8) is 0 Å². The van der Waals surface area contributed by atoms with Crippen molar-refractivity contribution in [2.75, 3.05) is 5.88 Å². The average Bonchev–Trinajstić information content (AvgIpc) is 3.08. The first-order valence-corrected chi connectivity index (χ1v) is 7.39. The molecule has 1 aromatic carbocycles. The summed E-state index contributed by atoms with van der Waals surface area (Å²) in [6.07, 6.45) is 5.63. The molecule has 3 aromatic rings. The number of hydrogen-bond acceptors (Lipinski definition) is 2. The number of fused-ring (bicyclic) bond motifs is 1. The molecule has 5 heteroatoms. The number of halogens is 1. The fourth-order valence-corrected chi connectivity index (χ4v) is 2.64. The maximum Gasteiger partial charge on any atom is 0.111 e. The molecule has 104 valence electrons. The molecule has 0 saturated heterocycles. The molecule has 0 N–H and O–H groups in total. The summed E-state index contributed by atoms with van der Waals surface area (Å²) in [4.78, 5) is 4.67. The van der Waals surface area contributed by atoms with Crippen molar-refractivity contribution >= 4 is 22.6 Å². The molecular formula is C15H17ClN4. The minimum atomic E-state index is 0.600. The van der Waals surface area contributed by atoms with Gasteiger partial charge in [-0.1, -0.05) is 12.1 Å². The number of imidazole rings is 1. The Kier molecular flexibility index (Phi) is 4.02. The van der Waals surface area contributed by atoms with Gasteiger partial charge in [0, 0.05) is 37.8 Å². The van der Waals surface area contributed by atoms with Gasteiger partial charge in [0.25, 0.3) is 0 Å². The summed E-state index contributed by atoms with van der Waals surface area (Å²) in [6.45, 7) is 1.85. The van der Waals surface area contributed by atoms with Crippen molar-refractivity contribution in [3.8, 4) is 0 Å². The summed E-state index contributed by atoms with van der Waals surface area (Å²) in [5, 5.41) is 4.23. The van der Waals surface area contributed by atoms with E-state index < -0.39 is 0 Å². The van der Waals surface area contributed by atoms with Gasteiger partial charge in [0.15, 0.2) is 0 Å². The zero-order valence-electron chi connectivity index (χ0n) is 11.2. The van der Waals surface area contributed by atoms with Crippen LogP contribution in [0.25, 0.3) is 11.0 Å². The zero-order chi connectivity index (χ0) is 13.8. The average molecular weight is 289 g/mol. The van der Waals surface area contributed by atoms with Gasteiger partial charge in [-0.25, -0.2) is 4.98 Å². The molecule has 2 aromatic heterocycles. The molecular weight excluding hydrogens is 272 g/mol. The van der Waals surface area contributed by atoms with E-state index >= 15 is 0 Å². The Hall–Kier alpha value is -1.81. The van der Waals surface area contributed by atoms with E-state index in [4.69, 9.17) is 11.6 Å². The molecule has 0 spiro atoms. The quantitative estimate of drug-likeness (QED) is 0.653. The van der Waals surface area contributed by atoms with Crippen LogP contribution in [0.1, 0.15) is 12.2 Å². The molecule has 0 fully saturated rings. The van der Waals surface area contributed by atoms with Crippen LogP contribution in [0.5, 0.6) is 0 Å². The SMILES string of the molecule is ClCCc1nc2ccccc2n1CCCn1cccn1. The van der Waals surface area contributed by atoms with Crippen LogP contribution in [-0.4, -0.2) is 25.2 Å². The number of rotatable bonds is 6. The lowest BCUT2D eigenvalue weighted by Crippen LogP contribution is -2.08. The van der Waals surface area contributed by atoms with Crippen LogP contribution in [0.4, 0.5) is 0 Å². The Labute approximate surface area is 123 Å². The molecule has 0 bridgehead atoms. The standard InChI is InChI=1S/C15H17ClN4/c16-8-7-15-18-13-5-1-2-6-14(13)20(15)12-4-11-19-10-3-9-17-19/h1-3,5-6,9-10H,4,7-8,11-12H2. The van der Waals surface area contributed by atoms with E-state index in [-0.39, 0.29) is 0 Å². The van der Waals surface area contributed by atoms with E-state index in [1.54, 1.807) is 0 Å². The first kappa shape index (κ1) is 13.2. The number of para-hydroxylation sites is 2. The van der Waals surface area contributed by atoms with Crippen LogP contribution < -0.4 is 0 Å². The van der Waals surface area contributed by atoms with Gasteiger partial charge in [0.05, 0.1) is 11.0 Å². The zero-order valence-corrected chi connectivity index (χ0v) is 12.0. The van der Waals surface area contributed by atoms with E-state index in [0.717, 1.165) is 37.3 Å². The predicted molar refractivity (Wildman–Crippen MR) is 81.0 cm³/mol. The van der Waals surface area contributed by atoms with Crippen molar-refractivity contribution < 1.29 is 0 Å². The van der Waals surface area contributed by atoms with Crippen molar-refractivity contribution in [2.45, 2.75) is 25.9 Å². The highest BCUT2D eigenvalue weighted by molar-refractivity contribution is 6.17.